The van der Waals surface area contributed by atoms with Crippen LogP contribution in [0.5, 0.6) is 0 Å². The van der Waals surface area contributed by atoms with Crippen molar-refractivity contribution in [1.29, 1.82) is 0 Å². The van der Waals surface area contributed by atoms with Crippen molar-refractivity contribution >= 4 is 0 Å². The molecule has 0 spiro atoms. The minimum Gasteiger partial charge on any atom is -0.330 e. The van der Waals surface area contributed by atoms with Crippen LogP contribution < -0.4 is 5.73 Å². The van der Waals surface area contributed by atoms with E-state index in [4.69, 9.17) is 5.73 Å². The minimum atomic E-state index is 0.556. The molecule has 1 atom stereocenters. The molecular formula is C20H35N. The summed E-state index contributed by atoms with van der Waals surface area (Å²) in [5.41, 5.74) is 7.34. The molecule has 0 amide bonds. The van der Waals surface area contributed by atoms with Crippen LogP contribution in [0.15, 0.2) is 30.3 Å². The first-order valence-electron chi connectivity index (χ1n) is 9.13. The number of hydrogen-bond acceptors (Lipinski definition) is 1. The van der Waals surface area contributed by atoms with Gasteiger partial charge in [0.1, 0.15) is 0 Å². The summed E-state index contributed by atoms with van der Waals surface area (Å²) >= 11 is 0. The highest BCUT2D eigenvalue weighted by molar-refractivity contribution is 5.19. The van der Waals surface area contributed by atoms with Crippen molar-refractivity contribution in [3.05, 3.63) is 35.9 Å². The molecule has 0 bridgehead atoms. The molecule has 1 heteroatoms. The molecule has 0 saturated heterocycles. The molecule has 2 N–H and O–H groups in total. The zero-order chi connectivity index (χ0) is 15.2. The predicted molar refractivity (Wildman–Crippen MR) is 94.7 cm³/mol. The number of nitrogens with two attached hydrogens (primary N) is 1. The van der Waals surface area contributed by atoms with Gasteiger partial charge in [0.2, 0.25) is 0 Å². The van der Waals surface area contributed by atoms with E-state index in [9.17, 15) is 0 Å². The first-order chi connectivity index (χ1) is 10.4. The van der Waals surface area contributed by atoms with Gasteiger partial charge in [-0.15, -0.1) is 0 Å². The van der Waals surface area contributed by atoms with Gasteiger partial charge in [-0.1, -0.05) is 101 Å². The van der Waals surface area contributed by atoms with Crippen LogP contribution >= 0.6 is 0 Å². The highest BCUT2D eigenvalue weighted by atomic mass is 14.5. The summed E-state index contributed by atoms with van der Waals surface area (Å²) in [6, 6.07) is 10.8. The van der Waals surface area contributed by atoms with E-state index in [0.717, 1.165) is 6.54 Å². The number of rotatable bonds is 13. The Balaban J connectivity index is 1.98. The van der Waals surface area contributed by atoms with Crippen LogP contribution in [0.25, 0.3) is 0 Å². The maximum Gasteiger partial charge on any atom is -0.000824 e. The van der Waals surface area contributed by atoms with E-state index in [1.165, 1.54) is 76.2 Å². The van der Waals surface area contributed by atoms with E-state index >= 15 is 0 Å². The Labute approximate surface area is 132 Å². The maximum absolute atomic E-state index is 5.93. The summed E-state index contributed by atoms with van der Waals surface area (Å²) in [6.07, 6.45) is 15.3. The molecule has 1 nitrogen and oxygen atoms in total. The standard InChI is InChI=1S/C20H35N/c1-2-3-4-5-6-7-8-9-10-12-17-20(18-21)19-15-13-11-14-16-19/h11,13-16,20H,2-10,12,17-18,21H2,1H3. The first kappa shape index (κ1) is 18.2. The third kappa shape index (κ3) is 8.93. The molecule has 1 unspecified atom stereocenters. The third-order valence-electron chi connectivity index (χ3n) is 4.46. The molecule has 0 saturated carbocycles. The van der Waals surface area contributed by atoms with Gasteiger partial charge in [0, 0.05) is 0 Å². The van der Waals surface area contributed by atoms with Crippen LogP contribution in [0, 0.1) is 0 Å². The van der Waals surface area contributed by atoms with E-state index in [0.29, 0.717) is 5.92 Å². The second-order valence-corrected chi connectivity index (χ2v) is 6.31. The molecule has 21 heavy (non-hydrogen) atoms. The zero-order valence-corrected chi connectivity index (χ0v) is 14.0. The molecule has 1 aromatic carbocycles. The predicted octanol–water partition coefficient (Wildman–Crippen LogP) is 6.04. The van der Waals surface area contributed by atoms with Gasteiger partial charge in [-0.05, 0) is 24.4 Å². The van der Waals surface area contributed by atoms with Crippen molar-refractivity contribution in [3.8, 4) is 0 Å². The number of benzene rings is 1. The van der Waals surface area contributed by atoms with Gasteiger partial charge < -0.3 is 5.73 Å². The molecular weight excluding hydrogens is 254 g/mol. The lowest BCUT2D eigenvalue weighted by Gasteiger charge is -2.14. The lowest BCUT2D eigenvalue weighted by molar-refractivity contribution is 0.526. The van der Waals surface area contributed by atoms with E-state index in [-0.39, 0.29) is 0 Å². The normalized spacial score (nSPS) is 12.5. The van der Waals surface area contributed by atoms with Crippen LogP contribution in [0.4, 0.5) is 0 Å². The highest BCUT2D eigenvalue weighted by Crippen LogP contribution is 2.21. The maximum atomic E-state index is 5.93. The van der Waals surface area contributed by atoms with E-state index in [1.54, 1.807) is 0 Å². The minimum absolute atomic E-state index is 0.556. The molecule has 0 aromatic heterocycles. The van der Waals surface area contributed by atoms with Crippen LogP contribution in [0.2, 0.25) is 0 Å². The largest absolute Gasteiger partial charge is 0.330 e. The van der Waals surface area contributed by atoms with Crippen LogP contribution in [-0.4, -0.2) is 6.54 Å². The Kier molecular flexibility index (Phi) is 11.2. The van der Waals surface area contributed by atoms with Crippen LogP contribution in [-0.2, 0) is 0 Å². The Morgan fingerprint density at radius 3 is 1.81 bits per heavy atom. The average molecular weight is 290 g/mol. The molecule has 1 aromatic rings. The molecule has 0 fully saturated rings. The van der Waals surface area contributed by atoms with Crippen molar-refractivity contribution in [2.24, 2.45) is 5.73 Å². The van der Waals surface area contributed by atoms with Gasteiger partial charge in [-0.2, -0.15) is 0 Å². The van der Waals surface area contributed by atoms with Gasteiger partial charge in [0.15, 0.2) is 0 Å². The summed E-state index contributed by atoms with van der Waals surface area (Å²) in [4.78, 5) is 0. The Bertz CT molecular complexity index is 320. The molecule has 1 rings (SSSR count). The third-order valence-corrected chi connectivity index (χ3v) is 4.46. The van der Waals surface area contributed by atoms with Crippen molar-refractivity contribution in [3.63, 3.8) is 0 Å². The van der Waals surface area contributed by atoms with Crippen molar-refractivity contribution < 1.29 is 0 Å². The topological polar surface area (TPSA) is 26.0 Å². The van der Waals surface area contributed by atoms with E-state index < -0.39 is 0 Å². The van der Waals surface area contributed by atoms with Crippen LogP contribution in [0.1, 0.15) is 89.0 Å². The highest BCUT2D eigenvalue weighted by Gasteiger charge is 2.08. The lowest BCUT2D eigenvalue weighted by Crippen LogP contribution is -2.12. The first-order valence-corrected chi connectivity index (χ1v) is 9.13. The van der Waals surface area contributed by atoms with E-state index in [2.05, 4.69) is 37.3 Å². The number of hydrogen-bond donors (Lipinski definition) is 1. The van der Waals surface area contributed by atoms with Gasteiger partial charge in [-0.25, -0.2) is 0 Å². The fourth-order valence-electron chi connectivity index (χ4n) is 3.02. The monoisotopic (exact) mass is 289 g/mol. The average Bonchev–Trinajstić information content (AvgIpc) is 2.54. The second-order valence-electron chi connectivity index (χ2n) is 6.31. The Morgan fingerprint density at radius 2 is 1.29 bits per heavy atom. The fraction of sp³-hybridized carbons (Fsp3) is 0.700. The molecule has 0 heterocycles. The van der Waals surface area contributed by atoms with Gasteiger partial charge in [-0.3, -0.25) is 0 Å². The van der Waals surface area contributed by atoms with Crippen molar-refractivity contribution in [2.75, 3.05) is 6.54 Å². The molecule has 120 valence electrons. The summed E-state index contributed by atoms with van der Waals surface area (Å²) in [7, 11) is 0. The van der Waals surface area contributed by atoms with Gasteiger partial charge >= 0.3 is 0 Å². The lowest BCUT2D eigenvalue weighted by atomic mass is 9.93. The Morgan fingerprint density at radius 1 is 0.762 bits per heavy atom. The SMILES string of the molecule is CCCCCCCCCCCCC(CN)c1ccccc1. The smallest absolute Gasteiger partial charge is 0.000824 e. The quantitative estimate of drug-likeness (QED) is 0.440. The van der Waals surface area contributed by atoms with Gasteiger partial charge in [0.05, 0.1) is 0 Å². The molecule has 0 aliphatic heterocycles. The van der Waals surface area contributed by atoms with Crippen molar-refractivity contribution in [2.45, 2.75) is 83.5 Å². The summed E-state index contributed by atoms with van der Waals surface area (Å²) in [5, 5.41) is 0. The molecule has 0 radical (unpaired) electrons. The molecule has 0 aliphatic carbocycles. The van der Waals surface area contributed by atoms with Crippen LogP contribution in [0.3, 0.4) is 0 Å². The zero-order valence-electron chi connectivity index (χ0n) is 14.0. The van der Waals surface area contributed by atoms with E-state index in [1.807, 2.05) is 0 Å². The van der Waals surface area contributed by atoms with Crippen molar-refractivity contribution in [1.82, 2.24) is 0 Å². The molecule has 0 aliphatic rings. The van der Waals surface area contributed by atoms with Gasteiger partial charge in [0.25, 0.3) is 0 Å². The summed E-state index contributed by atoms with van der Waals surface area (Å²) in [6.45, 7) is 3.06. The summed E-state index contributed by atoms with van der Waals surface area (Å²) in [5.74, 6) is 0.556. The fourth-order valence-corrected chi connectivity index (χ4v) is 3.02. The second kappa shape index (κ2) is 12.9. The summed E-state index contributed by atoms with van der Waals surface area (Å²) < 4.78 is 0. The number of unbranched alkanes of at least 4 members (excludes halogenated alkanes) is 9. The Hall–Kier alpha value is -0.820.